The number of carbonyl (C=O) groups excluding carboxylic acids is 1. The molecule has 3 heteroatoms. The van der Waals surface area contributed by atoms with E-state index in [1.165, 1.54) is 17.5 Å². The van der Waals surface area contributed by atoms with Gasteiger partial charge in [0.2, 0.25) is 0 Å². The number of rotatable bonds is 3. The highest BCUT2D eigenvalue weighted by atomic mass is 32.2. The van der Waals surface area contributed by atoms with Gasteiger partial charge in [0.05, 0.1) is 0 Å². The zero-order valence-corrected chi connectivity index (χ0v) is 11.3. The van der Waals surface area contributed by atoms with Crippen molar-refractivity contribution in [1.29, 1.82) is 0 Å². The summed E-state index contributed by atoms with van der Waals surface area (Å²) in [5.41, 5.74) is 3.02. The first-order valence-electron chi connectivity index (χ1n) is 5.76. The van der Waals surface area contributed by atoms with Crippen LogP contribution in [0.25, 0.3) is 0 Å². The van der Waals surface area contributed by atoms with Gasteiger partial charge in [-0.15, -0.1) is 0 Å². The average Bonchev–Trinajstić information content (AvgIpc) is 2.40. The zero-order chi connectivity index (χ0) is 13.0. The fourth-order valence-corrected chi connectivity index (χ4v) is 2.16. The van der Waals surface area contributed by atoms with Crippen molar-refractivity contribution in [3.63, 3.8) is 0 Å². The van der Waals surface area contributed by atoms with Gasteiger partial charge in [0.15, 0.2) is 0 Å². The molecule has 0 saturated carbocycles. The maximum absolute atomic E-state index is 11.9. The molecule has 92 valence electrons. The van der Waals surface area contributed by atoms with E-state index in [0.29, 0.717) is 5.56 Å². The molecular formula is C15H15NOS. The maximum Gasteiger partial charge on any atom is 0.261 e. The number of nitrogens with one attached hydrogen (secondary N) is 1. The Bertz CT molecular complexity index is 552. The highest BCUT2D eigenvalue weighted by molar-refractivity contribution is 7.98. The molecule has 0 aromatic heterocycles. The monoisotopic (exact) mass is 257 g/mol. The van der Waals surface area contributed by atoms with E-state index in [0.717, 1.165) is 10.5 Å². The van der Waals surface area contributed by atoms with E-state index in [9.17, 15) is 4.79 Å². The SMILES string of the molecule is Cc1ccc(C(=O)NSc2ccccc2)cc1C. The summed E-state index contributed by atoms with van der Waals surface area (Å²) in [5.74, 6) is -0.0630. The minimum atomic E-state index is -0.0630. The highest BCUT2D eigenvalue weighted by Gasteiger charge is 2.06. The average molecular weight is 257 g/mol. The molecule has 0 spiro atoms. The van der Waals surface area contributed by atoms with Gasteiger partial charge < -0.3 is 0 Å². The lowest BCUT2D eigenvalue weighted by molar-refractivity contribution is 0.0984. The summed E-state index contributed by atoms with van der Waals surface area (Å²) < 4.78 is 2.84. The lowest BCUT2D eigenvalue weighted by Gasteiger charge is -2.06. The van der Waals surface area contributed by atoms with Gasteiger partial charge in [-0.2, -0.15) is 0 Å². The second-order valence-corrected chi connectivity index (χ2v) is 5.02. The van der Waals surface area contributed by atoms with Gasteiger partial charge in [-0.05, 0) is 61.2 Å². The summed E-state index contributed by atoms with van der Waals surface area (Å²) >= 11 is 1.33. The molecule has 0 fully saturated rings. The van der Waals surface area contributed by atoms with E-state index in [1.807, 2.05) is 62.4 Å². The third-order valence-electron chi connectivity index (χ3n) is 2.77. The Morgan fingerprint density at radius 1 is 1.00 bits per heavy atom. The van der Waals surface area contributed by atoms with Gasteiger partial charge in [-0.1, -0.05) is 24.3 Å². The van der Waals surface area contributed by atoms with Gasteiger partial charge in [-0.3, -0.25) is 9.52 Å². The third kappa shape index (κ3) is 3.14. The number of hydrogen-bond acceptors (Lipinski definition) is 2. The van der Waals surface area contributed by atoms with Gasteiger partial charge in [0.25, 0.3) is 5.91 Å². The van der Waals surface area contributed by atoms with E-state index >= 15 is 0 Å². The van der Waals surface area contributed by atoms with Crippen LogP contribution in [0.3, 0.4) is 0 Å². The predicted molar refractivity (Wildman–Crippen MR) is 75.7 cm³/mol. The summed E-state index contributed by atoms with van der Waals surface area (Å²) in [4.78, 5) is 13.0. The van der Waals surface area contributed by atoms with E-state index in [1.54, 1.807) is 0 Å². The summed E-state index contributed by atoms with van der Waals surface area (Å²) in [6.45, 7) is 4.05. The Balaban J connectivity index is 2.02. The second-order valence-electron chi connectivity index (χ2n) is 4.15. The van der Waals surface area contributed by atoms with Crippen LogP contribution in [-0.2, 0) is 0 Å². The van der Waals surface area contributed by atoms with Crippen LogP contribution >= 0.6 is 11.9 Å². The van der Waals surface area contributed by atoms with Crippen LogP contribution < -0.4 is 4.72 Å². The molecular weight excluding hydrogens is 242 g/mol. The molecule has 0 radical (unpaired) electrons. The molecule has 2 aromatic carbocycles. The van der Waals surface area contributed by atoms with Crippen LogP contribution in [0.5, 0.6) is 0 Å². The van der Waals surface area contributed by atoms with Gasteiger partial charge in [0.1, 0.15) is 0 Å². The third-order valence-corrected chi connectivity index (χ3v) is 3.57. The van der Waals surface area contributed by atoms with Crippen LogP contribution in [0.1, 0.15) is 21.5 Å². The fraction of sp³-hybridized carbons (Fsp3) is 0.133. The molecule has 0 heterocycles. The molecule has 1 N–H and O–H groups in total. The van der Waals surface area contributed by atoms with E-state index < -0.39 is 0 Å². The normalized spacial score (nSPS) is 10.1. The first-order valence-corrected chi connectivity index (χ1v) is 6.58. The van der Waals surface area contributed by atoms with Gasteiger partial charge in [0, 0.05) is 10.5 Å². The van der Waals surface area contributed by atoms with Crippen molar-refractivity contribution in [1.82, 2.24) is 4.72 Å². The summed E-state index contributed by atoms with van der Waals surface area (Å²) in [6.07, 6.45) is 0. The molecule has 0 aliphatic carbocycles. The van der Waals surface area contributed by atoms with Gasteiger partial charge >= 0.3 is 0 Å². The lowest BCUT2D eigenvalue weighted by atomic mass is 10.1. The number of aryl methyl sites for hydroxylation is 2. The first kappa shape index (κ1) is 12.7. The van der Waals surface area contributed by atoms with E-state index in [2.05, 4.69) is 4.72 Å². The number of amides is 1. The van der Waals surface area contributed by atoms with Crippen LogP contribution in [0.2, 0.25) is 0 Å². The first-order chi connectivity index (χ1) is 8.66. The Hall–Kier alpha value is -1.74. The van der Waals surface area contributed by atoms with Crippen LogP contribution in [0.4, 0.5) is 0 Å². The number of carbonyl (C=O) groups is 1. The molecule has 0 aliphatic heterocycles. The Kier molecular flexibility index (Phi) is 4.05. The highest BCUT2D eigenvalue weighted by Crippen LogP contribution is 2.15. The molecule has 1 amide bonds. The maximum atomic E-state index is 11.9. The van der Waals surface area contributed by atoms with Crippen LogP contribution in [0, 0.1) is 13.8 Å². The largest absolute Gasteiger partial charge is 0.292 e. The van der Waals surface area contributed by atoms with Crippen molar-refractivity contribution in [2.24, 2.45) is 0 Å². The molecule has 0 unspecified atom stereocenters. The van der Waals surface area contributed by atoms with Gasteiger partial charge in [-0.25, -0.2) is 0 Å². The summed E-state index contributed by atoms with van der Waals surface area (Å²) in [6, 6.07) is 15.5. The molecule has 0 saturated heterocycles. The topological polar surface area (TPSA) is 29.1 Å². The molecule has 2 nitrogen and oxygen atoms in total. The van der Waals surface area contributed by atoms with Crippen molar-refractivity contribution < 1.29 is 4.79 Å². The Labute approximate surface area is 112 Å². The smallest absolute Gasteiger partial charge is 0.261 e. The predicted octanol–water partition coefficient (Wildman–Crippen LogP) is 3.74. The van der Waals surface area contributed by atoms with Crippen molar-refractivity contribution in [2.45, 2.75) is 18.7 Å². The molecule has 18 heavy (non-hydrogen) atoms. The summed E-state index contributed by atoms with van der Waals surface area (Å²) in [7, 11) is 0. The molecule has 0 atom stereocenters. The minimum absolute atomic E-state index is 0.0630. The zero-order valence-electron chi connectivity index (χ0n) is 10.4. The Morgan fingerprint density at radius 3 is 2.39 bits per heavy atom. The van der Waals surface area contributed by atoms with Crippen LogP contribution in [-0.4, -0.2) is 5.91 Å². The quantitative estimate of drug-likeness (QED) is 0.849. The molecule has 0 aliphatic rings. The fourth-order valence-electron chi connectivity index (χ4n) is 1.54. The number of hydrogen-bond donors (Lipinski definition) is 1. The second kappa shape index (κ2) is 5.74. The van der Waals surface area contributed by atoms with Crippen molar-refractivity contribution in [3.05, 3.63) is 65.2 Å². The van der Waals surface area contributed by atoms with E-state index in [-0.39, 0.29) is 5.91 Å². The minimum Gasteiger partial charge on any atom is -0.292 e. The molecule has 2 rings (SSSR count). The molecule has 0 bridgehead atoms. The van der Waals surface area contributed by atoms with E-state index in [4.69, 9.17) is 0 Å². The lowest BCUT2D eigenvalue weighted by Crippen LogP contribution is -2.15. The Morgan fingerprint density at radius 2 is 1.72 bits per heavy atom. The van der Waals surface area contributed by atoms with Crippen molar-refractivity contribution in [2.75, 3.05) is 0 Å². The van der Waals surface area contributed by atoms with Crippen molar-refractivity contribution in [3.8, 4) is 0 Å². The molecule has 2 aromatic rings. The van der Waals surface area contributed by atoms with Crippen LogP contribution in [0.15, 0.2) is 53.4 Å². The summed E-state index contributed by atoms with van der Waals surface area (Å²) in [5, 5.41) is 0. The van der Waals surface area contributed by atoms with Crippen molar-refractivity contribution >= 4 is 17.9 Å². The number of benzene rings is 2. The standard InChI is InChI=1S/C15H15NOS/c1-11-8-9-13(10-12(11)2)15(17)16-18-14-6-4-3-5-7-14/h3-10H,1-2H3,(H,16,17).